The van der Waals surface area contributed by atoms with Crippen LogP contribution in [-0.4, -0.2) is 45.5 Å². The Morgan fingerprint density at radius 1 is 1.11 bits per heavy atom. The lowest BCUT2D eigenvalue weighted by Gasteiger charge is -2.20. The molecule has 0 unspecified atom stereocenters. The summed E-state index contributed by atoms with van der Waals surface area (Å²) in [5, 5.41) is 6.09. The van der Waals surface area contributed by atoms with Gasteiger partial charge in [-0.2, -0.15) is 0 Å². The maximum atomic E-state index is 12.3. The largest absolute Gasteiger partial charge is 0.497 e. The van der Waals surface area contributed by atoms with Crippen LogP contribution < -0.4 is 15.4 Å². The predicted molar refractivity (Wildman–Crippen MR) is 104 cm³/mol. The van der Waals surface area contributed by atoms with Crippen molar-refractivity contribution in [3.05, 3.63) is 65.7 Å². The number of hydrogen-bond donors (Lipinski definition) is 2. The van der Waals surface area contributed by atoms with E-state index in [0.717, 1.165) is 16.9 Å². The summed E-state index contributed by atoms with van der Waals surface area (Å²) in [4.78, 5) is 12.3. The first-order valence-corrected chi connectivity index (χ1v) is 10.7. The summed E-state index contributed by atoms with van der Waals surface area (Å²) in [6, 6.07) is 17.1. The Morgan fingerprint density at radius 3 is 2.37 bits per heavy atom. The molecule has 2 aromatic carbocycles. The van der Waals surface area contributed by atoms with E-state index < -0.39 is 9.84 Å². The van der Waals surface area contributed by atoms with Crippen LogP contribution in [0.3, 0.4) is 0 Å². The molecule has 0 aromatic heterocycles. The van der Waals surface area contributed by atoms with E-state index in [-0.39, 0.29) is 36.0 Å². The molecule has 0 bridgehead atoms. The predicted octanol–water partition coefficient (Wildman–Crippen LogP) is 1.68. The van der Waals surface area contributed by atoms with E-state index in [2.05, 4.69) is 10.6 Å². The van der Waals surface area contributed by atoms with Crippen molar-refractivity contribution in [1.82, 2.24) is 10.6 Å². The lowest BCUT2D eigenvalue weighted by atomic mass is 9.98. The Bertz CT molecular complexity index is 867. The van der Waals surface area contributed by atoms with Gasteiger partial charge in [-0.15, -0.1) is 0 Å². The lowest BCUT2D eigenvalue weighted by molar-refractivity contribution is -0.120. The second-order valence-corrected chi connectivity index (χ2v) is 8.89. The molecule has 27 heavy (non-hydrogen) atoms. The average molecular weight is 388 g/mol. The summed E-state index contributed by atoms with van der Waals surface area (Å²) < 4.78 is 28.3. The minimum absolute atomic E-state index is 0.0271. The first-order valence-electron chi connectivity index (χ1n) is 8.89. The minimum atomic E-state index is -3.01. The number of carbonyl (C=O) groups is 1. The van der Waals surface area contributed by atoms with Crippen LogP contribution in [0, 0.1) is 0 Å². The number of benzene rings is 2. The molecule has 1 aliphatic heterocycles. The second-order valence-electron chi connectivity index (χ2n) is 6.67. The summed E-state index contributed by atoms with van der Waals surface area (Å²) in [5.74, 6) is 0.737. The zero-order valence-corrected chi connectivity index (χ0v) is 16.0. The molecular weight excluding hydrogens is 364 g/mol. The van der Waals surface area contributed by atoms with Crippen molar-refractivity contribution in [2.24, 2.45) is 0 Å². The molecule has 2 N–H and O–H groups in total. The van der Waals surface area contributed by atoms with Crippen LogP contribution >= 0.6 is 0 Å². The number of hydrogen-bond acceptors (Lipinski definition) is 5. The third-order valence-corrected chi connectivity index (χ3v) is 6.41. The molecular formula is C20H24N2O4S. The van der Waals surface area contributed by atoms with Crippen LogP contribution in [0.15, 0.2) is 54.6 Å². The average Bonchev–Trinajstić information content (AvgIpc) is 3.01. The molecule has 2 aromatic rings. The van der Waals surface area contributed by atoms with Gasteiger partial charge in [-0.3, -0.25) is 10.1 Å². The molecule has 1 heterocycles. The number of nitrogens with one attached hydrogen (secondary N) is 2. The van der Waals surface area contributed by atoms with Crippen LogP contribution in [0.2, 0.25) is 0 Å². The van der Waals surface area contributed by atoms with Crippen LogP contribution in [-0.2, 0) is 14.6 Å². The topological polar surface area (TPSA) is 84.5 Å². The van der Waals surface area contributed by atoms with Gasteiger partial charge in [0.25, 0.3) is 0 Å². The molecule has 2 atom stereocenters. The highest BCUT2D eigenvalue weighted by molar-refractivity contribution is 7.91. The van der Waals surface area contributed by atoms with Crippen LogP contribution in [0.1, 0.15) is 23.6 Å². The van der Waals surface area contributed by atoms with E-state index in [9.17, 15) is 13.2 Å². The zero-order valence-electron chi connectivity index (χ0n) is 15.2. The van der Waals surface area contributed by atoms with Gasteiger partial charge in [-0.25, -0.2) is 8.42 Å². The molecule has 0 radical (unpaired) electrons. The number of amides is 1. The number of carbonyl (C=O) groups excluding carboxylic acids is 1. The molecule has 1 amide bonds. The van der Waals surface area contributed by atoms with Gasteiger partial charge >= 0.3 is 0 Å². The Kier molecular flexibility index (Phi) is 6.13. The maximum Gasteiger partial charge on any atom is 0.234 e. The summed E-state index contributed by atoms with van der Waals surface area (Å²) in [5.41, 5.74) is 2.05. The third-order valence-electron chi connectivity index (χ3n) is 4.65. The second kappa shape index (κ2) is 8.54. The highest BCUT2D eigenvalue weighted by Gasteiger charge is 2.29. The number of rotatable bonds is 7. The van der Waals surface area contributed by atoms with E-state index in [1.54, 1.807) is 7.11 Å². The van der Waals surface area contributed by atoms with Gasteiger partial charge in [0.1, 0.15) is 5.75 Å². The molecule has 7 heteroatoms. The summed E-state index contributed by atoms with van der Waals surface area (Å²) in [6.07, 6.45) is 0.481. The molecule has 0 aliphatic carbocycles. The van der Waals surface area contributed by atoms with Gasteiger partial charge in [-0.1, -0.05) is 42.5 Å². The van der Waals surface area contributed by atoms with Gasteiger partial charge in [-0.05, 0) is 29.7 Å². The van der Waals surface area contributed by atoms with E-state index in [1.807, 2.05) is 54.6 Å². The van der Waals surface area contributed by atoms with Crippen LogP contribution in [0.5, 0.6) is 5.75 Å². The molecule has 6 nitrogen and oxygen atoms in total. The highest BCUT2D eigenvalue weighted by atomic mass is 32.2. The third kappa shape index (κ3) is 5.30. The summed E-state index contributed by atoms with van der Waals surface area (Å²) >= 11 is 0. The van der Waals surface area contributed by atoms with Crippen molar-refractivity contribution >= 4 is 15.7 Å². The number of ether oxygens (including phenoxy) is 1. The number of methoxy groups -OCH3 is 1. The van der Waals surface area contributed by atoms with Crippen molar-refractivity contribution in [3.63, 3.8) is 0 Å². The molecule has 1 saturated heterocycles. The Morgan fingerprint density at radius 2 is 1.78 bits per heavy atom. The fourth-order valence-electron chi connectivity index (χ4n) is 3.25. The smallest absolute Gasteiger partial charge is 0.234 e. The van der Waals surface area contributed by atoms with Crippen LogP contribution in [0.4, 0.5) is 0 Å². The first-order chi connectivity index (χ1) is 13.0. The molecule has 1 aliphatic rings. The maximum absolute atomic E-state index is 12.3. The first kappa shape index (κ1) is 19.4. The van der Waals surface area contributed by atoms with Crippen molar-refractivity contribution in [1.29, 1.82) is 0 Å². The fraction of sp³-hybridized carbons (Fsp3) is 0.350. The standard InChI is InChI=1S/C20H24N2O4S/c1-26-18-9-7-16(8-10-18)20(15-5-3-2-4-6-15)21-13-19(23)22-17-11-12-27(24,25)14-17/h2-10,17,20-21H,11-14H2,1H3,(H,22,23)/t17-,20+/m1/s1. The van der Waals surface area contributed by atoms with Crippen molar-refractivity contribution in [3.8, 4) is 5.75 Å². The van der Waals surface area contributed by atoms with Crippen LogP contribution in [0.25, 0.3) is 0 Å². The molecule has 144 valence electrons. The van der Waals surface area contributed by atoms with Gasteiger partial charge in [0.15, 0.2) is 9.84 Å². The Hall–Kier alpha value is -2.38. The zero-order chi connectivity index (χ0) is 19.3. The monoisotopic (exact) mass is 388 g/mol. The van der Waals surface area contributed by atoms with Gasteiger partial charge < -0.3 is 10.1 Å². The van der Waals surface area contributed by atoms with E-state index in [0.29, 0.717) is 6.42 Å². The fourth-order valence-corrected chi connectivity index (χ4v) is 4.93. The summed E-state index contributed by atoms with van der Waals surface area (Å²) in [6.45, 7) is 0.0993. The lowest BCUT2D eigenvalue weighted by Crippen LogP contribution is -2.42. The van der Waals surface area contributed by atoms with E-state index >= 15 is 0 Å². The Balaban J connectivity index is 1.67. The minimum Gasteiger partial charge on any atom is -0.497 e. The van der Waals surface area contributed by atoms with Gasteiger partial charge in [0.2, 0.25) is 5.91 Å². The quantitative estimate of drug-likeness (QED) is 0.754. The summed E-state index contributed by atoms with van der Waals surface area (Å²) in [7, 11) is -1.39. The highest BCUT2D eigenvalue weighted by Crippen LogP contribution is 2.24. The van der Waals surface area contributed by atoms with Gasteiger partial charge in [0, 0.05) is 6.04 Å². The van der Waals surface area contributed by atoms with Crippen molar-refractivity contribution < 1.29 is 17.9 Å². The molecule has 0 saturated carbocycles. The van der Waals surface area contributed by atoms with Gasteiger partial charge in [0.05, 0.1) is 31.2 Å². The van der Waals surface area contributed by atoms with Crippen molar-refractivity contribution in [2.45, 2.75) is 18.5 Å². The molecule has 0 spiro atoms. The molecule has 1 fully saturated rings. The SMILES string of the molecule is COc1ccc([C@@H](NCC(=O)N[C@@H]2CCS(=O)(=O)C2)c2ccccc2)cc1. The van der Waals surface area contributed by atoms with E-state index in [4.69, 9.17) is 4.74 Å². The molecule has 3 rings (SSSR count). The van der Waals surface area contributed by atoms with E-state index in [1.165, 1.54) is 0 Å². The normalized spacial score (nSPS) is 19.4. The Labute approximate surface area is 159 Å². The van der Waals surface area contributed by atoms with Crippen molar-refractivity contribution in [2.75, 3.05) is 25.2 Å². The number of sulfone groups is 1.